The predicted molar refractivity (Wildman–Crippen MR) is 148 cm³/mol. The van der Waals surface area contributed by atoms with Crippen molar-refractivity contribution in [3.05, 3.63) is 148 Å². The van der Waals surface area contributed by atoms with Gasteiger partial charge in [0.15, 0.2) is 0 Å². The average molecular weight is 527 g/mol. The van der Waals surface area contributed by atoms with E-state index in [1.54, 1.807) is 0 Å². The molecule has 8 heteroatoms. The third kappa shape index (κ3) is 5.76. The molecular formula is C30H26N2O5S. The Morgan fingerprint density at radius 1 is 0.816 bits per heavy atom. The van der Waals surface area contributed by atoms with Crippen molar-refractivity contribution >= 4 is 29.3 Å². The standard InChI is InChI=1S/C30H26N2O5S/c1-37-29(34)27(31-28(33)22-17-19-26(20-18-22)32(35)36)21-38-30(23-11-5-2-6-12-23,24-13-7-3-8-14-24)25-15-9-4-10-16-25/h2-20,27H,21H2,1H3,(H,31,33)/t27-/m0/s1. The molecule has 4 aromatic carbocycles. The molecule has 0 aliphatic rings. The molecule has 0 unspecified atom stereocenters. The predicted octanol–water partition coefficient (Wildman–Crippen LogP) is 5.59. The number of esters is 1. The minimum absolute atomic E-state index is 0.125. The van der Waals surface area contributed by atoms with Gasteiger partial charge in [-0.15, -0.1) is 11.8 Å². The van der Waals surface area contributed by atoms with Crippen molar-refractivity contribution in [3.8, 4) is 0 Å². The van der Waals surface area contributed by atoms with Crippen LogP contribution in [0.1, 0.15) is 27.0 Å². The number of methoxy groups -OCH3 is 1. The summed E-state index contributed by atoms with van der Waals surface area (Å²) >= 11 is 1.52. The summed E-state index contributed by atoms with van der Waals surface area (Å²) in [6.07, 6.45) is 0. The van der Waals surface area contributed by atoms with Gasteiger partial charge in [0.1, 0.15) is 6.04 Å². The van der Waals surface area contributed by atoms with Crippen LogP contribution < -0.4 is 5.32 Å². The third-order valence-corrected chi connectivity index (χ3v) is 7.78. The second-order valence-electron chi connectivity index (χ2n) is 8.44. The Labute approximate surface area is 225 Å². The van der Waals surface area contributed by atoms with E-state index < -0.39 is 27.6 Å². The van der Waals surface area contributed by atoms with Gasteiger partial charge in [0.2, 0.25) is 0 Å². The number of nitrogens with one attached hydrogen (secondary N) is 1. The Morgan fingerprint density at radius 2 is 1.26 bits per heavy atom. The number of thioether (sulfide) groups is 1. The van der Waals surface area contributed by atoms with E-state index in [1.807, 2.05) is 54.6 Å². The van der Waals surface area contributed by atoms with Crippen LogP contribution in [0.25, 0.3) is 0 Å². The lowest BCUT2D eigenvalue weighted by atomic mass is 9.84. The highest BCUT2D eigenvalue weighted by Crippen LogP contribution is 2.48. The van der Waals surface area contributed by atoms with Gasteiger partial charge in [0.25, 0.3) is 11.6 Å². The highest BCUT2D eigenvalue weighted by Gasteiger charge is 2.38. The maximum atomic E-state index is 13.0. The van der Waals surface area contributed by atoms with Crippen LogP contribution in [0.2, 0.25) is 0 Å². The maximum absolute atomic E-state index is 13.0. The number of rotatable bonds is 10. The number of amides is 1. The molecule has 0 radical (unpaired) electrons. The second kappa shape index (κ2) is 12.2. The molecule has 0 aliphatic heterocycles. The summed E-state index contributed by atoms with van der Waals surface area (Å²) in [4.78, 5) is 36.2. The first kappa shape index (κ1) is 26.6. The Bertz CT molecular complexity index is 1280. The summed E-state index contributed by atoms with van der Waals surface area (Å²) < 4.78 is 4.34. The van der Waals surface area contributed by atoms with Crippen LogP contribution in [0, 0.1) is 10.1 Å². The number of carbonyl (C=O) groups is 2. The first-order valence-corrected chi connectivity index (χ1v) is 12.9. The second-order valence-corrected chi connectivity index (χ2v) is 9.68. The molecule has 7 nitrogen and oxygen atoms in total. The molecular weight excluding hydrogens is 500 g/mol. The quantitative estimate of drug-likeness (QED) is 0.125. The molecule has 0 saturated heterocycles. The normalized spacial score (nSPS) is 11.8. The number of carbonyl (C=O) groups excluding carboxylic acids is 2. The first-order chi connectivity index (χ1) is 18.5. The molecule has 1 amide bonds. The summed E-state index contributed by atoms with van der Waals surface area (Å²) in [5.74, 6) is -0.916. The summed E-state index contributed by atoms with van der Waals surface area (Å²) in [7, 11) is 1.27. The van der Waals surface area contributed by atoms with Crippen molar-refractivity contribution < 1.29 is 19.2 Å². The zero-order valence-electron chi connectivity index (χ0n) is 20.7. The largest absolute Gasteiger partial charge is 0.467 e. The van der Waals surface area contributed by atoms with Crippen molar-refractivity contribution in [2.45, 2.75) is 10.8 Å². The molecule has 4 rings (SSSR count). The van der Waals surface area contributed by atoms with Gasteiger partial charge in [0, 0.05) is 23.4 Å². The highest BCUT2D eigenvalue weighted by molar-refractivity contribution is 8.00. The topological polar surface area (TPSA) is 98.5 Å². The van der Waals surface area contributed by atoms with E-state index in [0.29, 0.717) is 0 Å². The first-order valence-electron chi connectivity index (χ1n) is 11.9. The van der Waals surface area contributed by atoms with E-state index in [0.717, 1.165) is 16.7 Å². The number of nitro benzene ring substituents is 1. The number of hydrogen-bond donors (Lipinski definition) is 1. The summed E-state index contributed by atoms with van der Waals surface area (Å²) in [5, 5.41) is 13.7. The van der Waals surface area contributed by atoms with Crippen LogP contribution >= 0.6 is 11.8 Å². The molecule has 4 aromatic rings. The van der Waals surface area contributed by atoms with Crippen LogP contribution in [-0.4, -0.2) is 35.7 Å². The Balaban J connectivity index is 1.70. The van der Waals surface area contributed by atoms with Crippen LogP contribution in [0.3, 0.4) is 0 Å². The molecule has 0 heterocycles. The molecule has 0 bridgehead atoms. The smallest absolute Gasteiger partial charge is 0.329 e. The molecule has 0 spiro atoms. The molecule has 1 atom stereocenters. The molecule has 0 aliphatic carbocycles. The van der Waals surface area contributed by atoms with Gasteiger partial charge < -0.3 is 10.1 Å². The maximum Gasteiger partial charge on any atom is 0.329 e. The number of nitro groups is 1. The number of hydrogen-bond acceptors (Lipinski definition) is 6. The fraction of sp³-hybridized carbons (Fsp3) is 0.133. The minimum Gasteiger partial charge on any atom is -0.467 e. The van der Waals surface area contributed by atoms with E-state index in [4.69, 9.17) is 4.74 Å². The minimum atomic E-state index is -0.969. The molecule has 0 fully saturated rings. The van der Waals surface area contributed by atoms with Gasteiger partial charge in [-0.2, -0.15) is 0 Å². The number of ether oxygens (including phenoxy) is 1. The van der Waals surface area contributed by atoms with Crippen LogP contribution in [0.4, 0.5) is 5.69 Å². The Hall–Kier alpha value is -4.43. The van der Waals surface area contributed by atoms with Gasteiger partial charge >= 0.3 is 5.97 Å². The van der Waals surface area contributed by atoms with E-state index >= 15 is 0 Å². The zero-order chi connectivity index (χ0) is 27.0. The monoisotopic (exact) mass is 526 g/mol. The highest BCUT2D eigenvalue weighted by atomic mass is 32.2. The molecule has 0 saturated carbocycles. The van der Waals surface area contributed by atoms with E-state index in [-0.39, 0.29) is 17.0 Å². The fourth-order valence-corrected chi connectivity index (χ4v) is 5.81. The van der Waals surface area contributed by atoms with E-state index in [2.05, 4.69) is 41.7 Å². The molecule has 0 aromatic heterocycles. The summed E-state index contributed by atoms with van der Waals surface area (Å²) in [5.41, 5.74) is 3.14. The van der Waals surface area contributed by atoms with Gasteiger partial charge in [-0.1, -0.05) is 91.0 Å². The van der Waals surface area contributed by atoms with Gasteiger partial charge in [-0.25, -0.2) is 4.79 Å². The van der Waals surface area contributed by atoms with Crippen LogP contribution in [-0.2, 0) is 14.3 Å². The van der Waals surface area contributed by atoms with E-state index in [1.165, 1.54) is 43.1 Å². The lowest BCUT2D eigenvalue weighted by Gasteiger charge is -2.36. The van der Waals surface area contributed by atoms with Gasteiger partial charge in [-0.3, -0.25) is 14.9 Å². The number of benzene rings is 4. The van der Waals surface area contributed by atoms with Crippen molar-refractivity contribution in [2.75, 3.05) is 12.9 Å². The Morgan fingerprint density at radius 3 is 1.66 bits per heavy atom. The van der Waals surface area contributed by atoms with Crippen molar-refractivity contribution in [3.63, 3.8) is 0 Å². The van der Waals surface area contributed by atoms with Crippen LogP contribution in [0.15, 0.2) is 115 Å². The summed E-state index contributed by atoms with van der Waals surface area (Å²) in [6.45, 7) is 0. The van der Waals surface area contributed by atoms with Crippen LogP contribution in [0.5, 0.6) is 0 Å². The fourth-order valence-electron chi connectivity index (χ4n) is 4.26. The zero-order valence-corrected chi connectivity index (χ0v) is 21.5. The van der Waals surface area contributed by atoms with Crippen molar-refractivity contribution in [1.29, 1.82) is 0 Å². The van der Waals surface area contributed by atoms with Gasteiger partial charge in [0.05, 0.1) is 16.8 Å². The molecule has 192 valence electrons. The molecule has 38 heavy (non-hydrogen) atoms. The SMILES string of the molecule is COC(=O)[C@H](CSC(c1ccccc1)(c1ccccc1)c1ccccc1)NC(=O)c1ccc([N+](=O)[O-])cc1. The van der Waals surface area contributed by atoms with E-state index in [9.17, 15) is 19.7 Å². The van der Waals surface area contributed by atoms with Crippen molar-refractivity contribution in [2.24, 2.45) is 0 Å². The average Bonchev–Trinajstić information content (AvgIpc) is 2.98. The Kier molecular flexibility index (Phi) is 8.55. The number of non-ortho nitro benzene ring substituents is 1. The van der Waals surface area contributed by atoms with Gasteiger partial charge in [-0.05, 0) is 28.8 Å². The van der Waals surface area contributed by atoms with Crippen molar-refractivity contribution in [1.82, 2.24) is 5.32 Å². The lowest BCUT2D eigenvalue weighted by molar-refractivity contribution is -0.384. The lowest BCUT2D eigenvalue weighted by Crippen LogP contribution is -2.44. The molecule has 1 N–H and O–H groups in total. The summed E-state index contributed by atoms with van der Waals surface area (Å²) in [6, 6.07) is 34.3. The number of nitrogens with zero attached hydrogens (tertiary/aromatic N) is 1. The third-order valence-electron chi connectivity index (χ3n) is 6.14.